The Bertz CT molecular complexity index is 632. The third kappa shape index (κ3) is 3.96. The van der Waals surface area contributed by atoms with Crippen LogP contribution in [0.15, 0.2) is 42.5 Å². The molecule has 0 aliphatic rings. The van der Waals surface area contributed by atoms with Gasteiger partial charge in [-0.2, -0.15) is 5.26 Å². The maximum absolute atomic E-state index is 13.9. The van der Waals surface area contributed by atoms with E-state index in [0.717, 1.165) is 12.2 Å². The molecule has 0 heterocycles. The second-order valence-corrected chi connectivity index (χ2v) is 4.50. The highest BCUT2D eigenvalue weighted by molar-refractivity contribution is 5.35. The van der Waals surface area contributed by atoms with Crippen LogP contribution < -0.4 is 9.47 Å². The van der Waals surface area contributed by atoms with Crippen molar-refractivity contribution in [2.75, 3.05) is 6.61 Å². The highest BCUT2D eigenvalue weighted by atomic mass is 19.1. The van der Waals surface area contributed by atoms with Crippen molar-refractivity contribution in [3.8, 4) is 17.6 Å². The molecular weight excluding hydrogens is 269 g/mol. The first kappa shape index (κ1) is 14.9. The monoisotopic (exact) mass is 285 g/mol. The fraction of sp³-hybridized carbons (Fsp3) is 0.235. The van der Waals surface area contributed by atoms with E-state index < -0.39 is 5.82 Å². The van der Waals surface area contributed by atoms with Crippen LogP contribution in [0.25, 0.3) is 0 Å². The van der Waals surface area contributed by atoms with Gasteiger partial charge in [0.25, 0.3) is 0 Å². The van der Waals surface area contributed by atoms with Gasteiger partial charge in [-0.3, -0.25) is 0 Å². The number of hydrogen-bond donors (Lipinski definition) is 0. The molecule has 0 unspecified atom stereocenters. The number of rotatable bonds is 6. The number of nitrogens with zero attached hydrogens (tertiary/aromatic N) is 1. The van der Waals surface area contributed by atoms with Crippen LogP contribution in [-0.2, 0) is 6.61 Å². The van der Waals surface area contributed by atoms with Crippen molar-refractivity contribution in [1.82, 2.24) is 0 Å². The minimum atomic E-state index is -0.525. The Hall–Kier alpha value is -2.54. The second-order valence-electron chi connectivity index (χ2n) is 4.50. The summed E-state index contributed by atoms with van der Waals surface area (Å²) < 4.78 is 24.9. The van der Waals surface area contributed by atoms with Gasteiger partial charge in [-0.25, -0.2) is 4.39 Å². The third-order valence-corrected chi connectivity index (χ3v) is 2.89. The van der Waals surface area contributed by atoms with Gasteiger partial charge in [-0.15, -0.1) is 0 Å². The Morgan fingerprint density at radius 1 is 1.05 bits per heavy atom. The summed E-state index contributed by atoms with van der Waals surface area (Å²) in [6.07, 6.45) is 0.951. The minimum absolute atomic E-state index is 0.0272. The minimum Gasteiger partial charge on any atom is -0.494 e. The maximum atomic E-state index is 13.9. The van der Waals surface area contributed by atoms with Crippen molar-refractivity contribution in [3.05, 3.63) is 59.4 Å². The quantitative estimate of drug-likeness (QED) is 0.803. The topological polar surface area (TPSA) is 42.2 Å². The average molecular weight is 285 g/mol. The molecule has 0 radical (unpaired) electrons. The Kier molecular flexibility index (Phi) is 5.16. The van der Waals surface area contributed by atoms with Gasteiger partial charge in [-0.05, 0) is 36.8 Å². The Morgan fingerprint density at radius 2 is 1.71 bits per heavy atom. The van der Waals surface area contributed by atoms with Crippen molar-refractivity contribution < 1.29 is 13.9 Å². The molecule has 0 N–H and O–H groups in total. The standard InChI is InChI=1S/C17H16FNO2/c1-2-10-20-15-6-8-16(9-7-15)21-12-14-5-3-4-13(11-19)17(14)18/h3-9H,2,10,12H2,1H3. The third-order valence-electron chi connectivity index (χ3n) is 2.89. The van der Waals surface area contributed by atoms with Crippen LogP contribution in [0.2, 0.25) is 0 Å². The maximum Gasteiger partial charge on any atom is 0.147 e. The van der Waals surface area contributed by atoms with E-state index in [0.29, 0.717) is 17.9 Å². The average Bonchev–Trinajstić information content (AvgIpc) is 2.53. The fourth-order valence-corrected chi connectivity index (χ4v) is 1.79. The highest BCUT2D eigenvalue weighted by Gasteiger charge is 2.08. The summed E-state index contributed by atoms with van der Waals surface area (Å²) in [7, 11) is 0. The Balaban J connectivity index is 1.99. The summed E-state index contributed by atoms with van der Waals surface area (Å²) in [5.41, 5.74) is 0.389. The molecule has 2 rings (SSSR count). The van der Waals surface area contributed by atoms with Crippen LogP contribution in [0.1, 0.15) is 24.5 Å². The summed E-state index contributed by atoms with van der Waals surface area (Å²) >= 11 is 0. The first-order chi connectivity index (χ1) is 10.2. The van der Waals surface area contributed by atoms with Gasteiger partial charge < -0.3 is 9.47 Å². The number of hydrogen-bond acceptors (Lipinski definition) is 3. The molecule has 21 heavy (non-hydrogen) atoms. The number of benzene rings is 2. The molecule has 0 spiro atoms. The molecule has 0 atom stereocenters. The smallest absolute Gasteiger partial charge is 0.147 e. The molecule has 0 aliphatic carbocycles. The van der Waals surface area contributed by atoms with Crippen LogP contribution in [0, 0.1) is 17.1 Å². The molecule has 0 bridgehead atoms. The number of ether oxygens (including phenoxy) is 2. The summed E-state index contributed by atoms with van der Waals surface area (Å²) in [6.45, 7) is 2.80. The van der Waals surface area contributed by atoms with Gasteiger partial charge >= 0.3 is 0 Å². The molecule has 108 valence electrons. The largest absolute Gasteiger partial charge is 0.494 e. The zero-order valence-electron chi connectivity index (χ0n) is 11.8. The van der Waals surface area contributed by atoms with Crippen molar-refractivity contribution in [1.29, 1.82) is 5.26 Å². The molecular formula is C17H16FNO2. The van der Waals surface area contributed by atoms with Gasteiger partial charge in [0.15, 0.2) is 0 Å². The molecule has 0 saturated heterocycles. The van der Waals surface area contributed by atoms with Gasteiger partial charge in [0, 0.05) is 5.56 Å². The van der Waals surface area contributed by atoms with Crippen molar-refractivity contribution in [2.24, 2.45) is 0 Å². The molecule has 4 heteroatoms. The molecule has 0 fully saturated rings. The Morgan fingerprint density at radius 3 is 2.33 bits per heavy atom. The number of halogens is 1. The van der Waals surface area contributed by atoms with E-state index in [1.807, 2.05) is 25.1 Å². The lowest BCUT2D eigenvalue weighted by Crippen LogP contribution is -2.00. The van der Waals surface area contributed by atoms with Gasteiger partial charge in [0.2, 0.25) is 0 Å². The molecule has 0 aliphatic heterocycles. The summed E-state index contributed by atoms with van der Waals surface area (Å²) in [6, 6.07) is 13.7. The van der Waals surface area contributed by atoms with E-state index in [2.05, 4.69) is 0 Å². The SMILES string of the molecule is CCCOc1ccc(OCc2cccc(C#N)c2F)cc1. The lowest BCUT2D eigenvalue weighted by molar-refractivity contribution is 0.296. The first-order valence-corrected chi connectivity index (χ1v) is 6.77. The fourth-order valence-electron chi connectivity index (χ4n) is 1.79. The van der Waals surface area contributed by atoms with Crippen molar-refractivity contribution in [2.45, 2.75) is 20.0 Å². The van der Waals surface area contributed by atoms with Crippen LogP contribution >= 0.6 is 0 Å². The second kappa shape index (κ2) is 7.30. The summed E-state index contributed by atoms with van der Waals surface area (Å²) in [5, 5.41) is 8.78. The zero-order valence-corrected chi connectivity index (χ0v) is 11.8. The Labute approximate surface area is 123 Å². The molecule has 0 amide bonds. The molecule has 2 aromatic carbocycles. The first-order valence-electron chi connectivity index (χ1n) is 6.77. The van der Waals surface area contributed by atoms with Crippen molar-refractivity contribution >= 4 is 0 Å². The predicted octanol–water partition coefficient (Wildman–Crippen LogP) is 4.07. The molecule has 0 aromatic heterocycles. The molecule has 3 nitrogen and oxygen atoms in total. The lowest BCUT2D eigenvalue weighted by Gasteiger charge is -2.09. The van der Waals surface area contributed by atoms with Crippen LogP contribution in [0.4, 0.5) is 4.39 Å². The predicted molar refractivity (Wildman–Crippen MR) is 77.7 cm³/mol. The van der Waals surface area contributed by atoms with E-state index in [4.69, 9.17) is 14.7 Å². The van der Waals surface area contributed by atoms with E-state index in [1.165, 1.54) is 6.07 Å². The lowest BCUT2D eigenvalue weighted by atomic mass is 10.1. The summed E-state index contributed by atoms with van der Waals surface area (Å²) in [5.74, 6) is 0.880. The zero-order chi connectivity index (χ0) is 15.1. The van der Waals surface area contributed by atoms with Gasteiger partial charge in [-0.1, -0.05) is 19.1 Å². The molecule has 2 aromatic rings. The van der Waals surface area contributed by atoms with E-state index in [1.54, 1.807) is 24.3 Å². The number of nitriles is 1. The van der Waals surface area contributed by atoms with E-state index >= 15 is 0 Å². The summed E-state index contributed by atoms with van der Waals surface area (Å²) in [4.78, 5) is 0. The van der Waals surface area contributed by atoms with Gasteiger partial charge in [0.1, 0.15) is 30.0 Å². The van der Waals surface area contributed by atoms with Gasteiger partial charge in [0.05, 0.1) is 12.2 Å². The van der Waals surface area contributed by atoms with E-state index in [9.17, 15) is 4.39 Å². The van der Waals surface area contributed by atoms with Crippen LogP contribution in [0.3, 0.4) is 0 Å². The van der Waals surface area contributed by atoms with Crippen LogP contribution in [-0.4, -0.2) is 6.61 Å². The van der Waals surface area contributed by atoms with E-state index in [-0.39, 0.29) is 12.2 Å². The van der Waals surface area contributed by atoms with Crippen molar-refractivity contribution in [3.63, 3.8) is 0 Å². The van der Waals surface area contributed by atoms with Crippen LogP contribution in [0.5, 0.6) is 11.5 Å². The normalized spacial score (nSPS) is 9.95. The highest BCUT2D eigenvalue weighted by Crippen LogP contribution is 2.20. The molecule has 0 saturated carbocycles.